The number of anilines is 1. The zero-order chi connectivity index (χ0) is 14.3. The molecule has 7 heteroatoms. The lowest BCUT2D eigenvalue weighted by molar-refractivity contribution is 0.650. The van der Waals surface area contributed by atoms with Crippen molar-refractivity contribution in [3.63, 3.8) is 0 Å². The van der Waals surface area contributed by atoms with Gasteiger partial charge in [0.2, 0.25) is 5.71 Å². The molecule has 0 aliphatic rings. The summed E-state index contributed by atoms with van der Waals surface area (Å²) in [7, 11) is 0. The Bertz CT molecular complexity index is 801. The summed E-state index contributed by atoms with van der Waals surface area (Å²) < 4.78 is 5.84. The van der Waals surface area contributed by atoms with Gasteiger partial charge in [-0.3, -0.25) is 0 Å². The van der Waals surface area contributed by atoms with Crippen molar-refractivity contribution >= 4 is 52.0 Å². The predicted octanol–water partition coefficient (Wildman–Crippen LogP) is 4.28. The molecule has 112 valence electrons. The third-order valence-corrected chi connectivity index (χ3v) is 3.84. The molecular weight excluding hydrogens is 311 g/mol. The van der Waals surface area contributed by atoms with Gasteiger partial charge in [0.1, 0.15) is 11.8 Å². The van der Waals surface area contributed by atoms with Crippen molar-refractivity contribution in [1.29, 1.82) is 0 Å². The van der Waals surface area contributed by atoms with E-state index in [4.69, 9.17) is 16.0 Å². The van der Waals surface area contributed by atoms with Crippen molar-refractivity contribution in [3.8, 4) is 0 Å². The molecule has 0 fully saturated rings. The quantitative estimate of drug-likeness (QED) is 0.778. The zero-order valence-electron chi connectivity index (χ0n) is 12.0. The molecule has 0 unspecified atom stereocenters. The van der Waals surface area contributed by atoms with Gasteiger partial charge in [0.25, 0.3) is 0 Å². The number of aromatic nitrogens is 3. The van der Waals surface area contributed by atoms with Gasteiger partial charge < -0.3 is 9.73 Å². The number of rotatable bonds is 3. The van der Waals surface area contributed by atoms with E-state index in [1.807, 2.05) is 13.8 Å². The normalized spacial score (nSPS) is 10.9. The number of nitrogens with one attached hydrogen (secondary N) is 1. The van der Waals surface area contributed by atoms with Gasteiger partial charge in [0.05, 0.1) is 16.1 Å². The van der Waals surface area contributed by atoms with Crippen molar-refractivity contribution in [2.75, 3.05) is 11.9 Å². The molecule has 5 nitrogen and oxygen atoms in total. The van der Waals surface area contributed by atoms with Crippen LogP contribution in [0.4, 0.5) is 5.82 Å². The van der Waals surface area contributed by atoms with Crippen LogP contribution in [0.2, 0.25) is 5.02 Å². The van der Waals surface area contributed by atoms with E-state index in [0.29, 0.717) is 22.1 Å². The molecule has 0 amide bonds. The zero-order valence-corrected chi connectivity index (χ0v) is 13.6. The molecule has 3 heterocycles. The molecule has 0 spiro atoms. The highest BCUT2D eigenvalue weighted by atomic mass is 35.5. The van der Waals surface area contributed by atoms with E-state index < -0.39 is 0 Å². The highest BCUT2D eigenvalue weighted by Crippen LogP contribution is 2.35. The molecule has 3 aromatic heterocycles. The first-order chi connectivity index (χ1) is 9.63. The van der Waals surface area contributed by atoms with E-state index in [9.17, 15) is 0 Å². The lowest BCUT2D eigenvalue weighted by Crippen LogP contribution is -2.02. The highest BCUT2D eigenvalue weighted by molar-refractivity contribution is 6.33. The number of pyridine rings is 1. The van der Waals surface area contributed by atoms with Gasteiger partial charge in [-0.05, 0) is 25.8 Å². The van der Waals surface area contributed by atoms with Crippen LogP contribution in [-0.2, 0) is 0 Å². The lowest BCUT2D eigenvalue weighted by Gasteiger charge is -2.03. The summed E-state index contributed by atoms with van der Waals surface area (Å²) >= 11 is 6.27. The van der Waals surface area contributed by atoms with Crippen LogP contribution in [0, 0.1) is 13.8 Å². The first-order valence-corrected chi connectivity index (χ1v) is 6.95. The van der Waals surface area contributed by atoms with E-state index in [2.05, 4.69) is 27.2 Å². The maximum absolute atomic E-state index is 6.27. The Balaban J connectivity index is 0.00000161. The molecule has 0 saturated heterocycles. The molecule has 0 bridgehead atoms. The van der Waals surface area contributed by atoms with Gasteiger partial charge >= 0.3 is 0 Å². The standard InChI is InChI=1S/C14H15ClN4O.ClH/c1-4-5-16-13-12-11(17-6-18-13)9-7(2)10(15)8(3)19-14(9)20-12;/h6H,4-5H2,1-3H3,(H,16,17,18);1H. The van der Waals surface area contributed by atoms with Crippen molar-refractivity contribution in [1.82, 2.24) is 15.0 Å². The number of fused-ring (bicyclic) bond motifs is 3. The fourth-order valence-corrected chi connectivity index (χ4v) is 2.40. The summed E-state index contributed by atoms with van der Waals surface area (Å²) in [6.07, 6.45) is 2.54. The van der Waals surface area contributed by atoms with Crippen molar-refractivity contribution in [2.24, 2.45) is 0 Å². The fourth-order valence-electron chi connectivity index (χ4n) is 2.27. The number of aryl methyl sites for hydroxylation is 2. The summed E-state index contributed by atoms with van der Waals surface area (Å²) in [6.45, 7) is 6.74. The molecule has 3 aromatic rings. The van der Waals surface area contributed by atoms with Gasteiger partial charge in [-0.25, -0.2) is 15.0 Å². The first-order valence-electron chi connectivity index (χ1n) is 6.57. The summed E-state index contributed by atoms with van der Waals surface area (Å²) in [6, 6.07) is 0. The Morgan fingerprint density at radius 3 is 2.76 bits per heavy atom. The lowest BCUT2D eigenvalue weighted by atomic mass is 10.1. The van der Waals surface area contributed by atoms with Gasteiger partial charge in [-0.1, -0.05) is 18.5 Å². The largest absolute Gasteiger partial charge is 0.432 e. The van der Waals surface area contributed by atoms with Crippen LogP contribution in [0.1, 0.15) is 24.6 Å². The monoisotopic (exact) mass is 326 g/mol. The fraction of sp³-hybridized carbons (Fsp3) is 0.357. The smallest absolute Gasteiger partial charge is 0.229 e. The number of hydrogen-bond donors (Lipinski definition) is 1. The maximum atomic E-state index is 6.27. The number of halogens is 2. The minimum Gasteiger partial charge on any atom is -0.432 e. The van der Waals surface area contributed by atoms with Crippen LogP contribution in [0.5, 0.6) is 0 Å². The van der Waals surface area contributed by atoms with Gasteiger partial charge in [-0.15, -0.1) is 12.4 Å². The van der Waals surface area contributed by atoms with Crippen LogP contribution < -0.4 is 5.32 Å². The van der Waals surface area contributed by atoms with Crippen molar-refractivity contribution in [3.05, 3.63) is 22.6 Å². The summed E-state index contributed by atoms with van der Waals surface area (Å²) in [5.41, 5.74) is 3.63. The van der Waals surface area contributed by atoms with E-state index in [1.54, 1.807) is 0 Å². The minimum absolute atomic E-state index is 0. The Morgan fingerprint density at radius 2 is 2.05 bits per heavy atom. The van der Waals surface area contributed by atoms with Gasteiger partial charge in [-0.2, -0.15) is 0 Å². The molecule has 0 radical (unpaired) electrons. The second-order valence-corrected chi connectivity index (χ2v) is 5.12. The van der Waals surface area contributed by atoms with E-state index in [-0.39, 0.29) is 12.4 Å². The molecule has 0 atom stereocenters. The first kappa shape index (κ1) is 15.8. The molecule has 21 heavy (non-hydrogen) atoms. The molecule has 0 aliphatic carbocycles. The van der Waals surface area contributed by atoms with Gasteiger partial charge in [0.15, 0.2) is 11.4 Å². The molecule has 1 N–H and O–H groups in total. The second-order valence-electron chi connectivity index (χ2n) is 4.75. The minimum atomic E-state index is 0. The second kappa shape index (κ2) is 6.03. The number of nitrogens with zero attached hydrogens (tertiary/aromatic N) is 3. The third-order valence-electron chi connectivity index (χ3n) is 3.29. The Hall–Kier alpha value is -1.59. The summed E-state index contributed by atoms with van der Waals surface area (Å²) in [4.78, 5) is 13.0. The number of furan rings is 1. The van der Waals surface area contributed by atoms with E-state index >= 15 is 0 Å². The molecule has 3 rings (SSSR count). The van der Waals surface area contributed by atoms with Crippen LogP contribution in [0.3, 0.4) is 0 Å². The maximum Gasteiger partial charge on any atom is 0.229 e. The van der Waals surface area contributed by atoms with Crippen LogP contribution in [0.15, 0.2) is 10.7 Å². The molecular formula is C14H16Cl2N4O. The highest BCUT2D eigenvalue weighted by Gasteiger charge is 2.18. The number of hydrogen-bond acceptors (Lipinski definition) is 5. The molecule has 0 saturated carbocycles. The Kier molecular flexibility index (Phi) is 4.54. The Labute approximate surface area is 133 Å². The van der Waals surface area contributed by atoms with Crippen LogP contribution in [-0.4, -0.2) is 21.5 Å². The van der Waals surface area contributed by atoms with E-state index in [1.165, 1.54) is 6.33 Å². The molecule has 0 aliphatic heterocycles. The topological polar surface area (TPSA) is 63.8 Å². The van der Waals surface area contributed by atoms with Gasteiger partial charge in [0, 0.05) is 6.54 Å². The van der Waals surface area contributed by atoms with Crippen LogP contribution in [0.25, 0.3) is 22.2 Å². The SMILES string of the molecule is CCCNc1ncnc2c1oc1nc(C)c(Cl)c(C)c12.Cl. The van der Waals surface area contributed by atoms with E-state index in [0.717, 1.165) is 35.1 Å². The predicted molar refractivity (Wildman–Crippen MR) is 87.6 cm³/mol. The van der Waals surface area contributed by atoms with Crippen molar-refractivity contribution in [2.45, 2.75) is 27.2 Å². The summed E-state index contributed by atoms with van der Waals surface area (Å²) in [5.74, 6) is 0.697. The molecule has 0 aromatic carbocycles. The average molecular weight is 327 g/mol. The third kappa shape index (κ3) is 2.51. The van der Waals surface area contributed by atoms with Crippen molar-refractivity contribution < 1.29 is 4.42 Å². The Morgan fingerprint density at radius 1 is 1.29 bits per heavy atom. The van der Waals surface area contributed by atoms with Crippen LogP contribution >= 0.6 is 24.0 Å². The summed E-state index contributed by atoms with van der Waals surface area (Å²) in [5, 5.41) is 4.75. The average Bonchev–Trinajstić information content (AvgIpc) is 2.81.